The Bertz CT molecular complexity index is 1220. The summed E-state index contributed by atoms with van der Waals surface area (Å²) in [7, 11) is 1.59. The van der Waals surface area contributed by atoms with Gasteiger partial charge < -0.3 is 29.7 Å². The van der Waals surface area contributed by atoms with Crippen LogP contribution in [0, 0.1) is 0 Å². The third-order valence-corrected chi connectivity index (χ3v) is 6.65. The van der Waals surface area contributed by atoms with Crippen molar-refractivity contribution in [1.29, 1.82) is 0 Å². The molecule has 0 atom stereocenters. The van der Waals surface area contributed by atoms with Gasteiger partial charge in [-0.25, -0.2) is 4.79 Å². The summed E-state index contributed by atoms with van der Waals surface area (Å²) in [4.78, 5) is 52.7. The Hall–Kier alpha value is -4.08. The molecular formula is C31H41N3O7. The summed E-state index contributed by atoms with van der Waals surface area (Å²) in [6.07, 6.45) is 3.72. The molecule has 0 aliphatic carbocycles. The molecule has 0 saturated carbocycles. The van der Waals surface area contributed by atoms with Crippen LogP contribution in [0.25, 0.3) is 0 Å². The van der Waals surface area contributed by atoms with Crippen molar-refractivity contribution in [2.45, 2.75) is 71.4 Å². The largest absolute Gasteiger partial charge is 0.497 e. The Labute approximate surface area is 241 Å². The minimum atomic E-state index is -1.03. The van der Waals surface area contributed by atoms with E-state index < -0.39 is 17.7 Å². The number of nitrogens with zero attached hydrogens (tertiary/aromatic N) is 2. The first-order chi connectivity index (χ1) is 19.5. The summed E-state index contributed by atoms with van der Waals surface area (Å²) in [6, 6.07) is 13.0. The summed E-state index contributed by atoms with van der Waals surface area (Å²) in [5.74, 6) is -0.942. The first-order valence-corrected chi connectivity index (χ1v) is 14.0. The molecule has 0 fully saturated rings. The number of benzene rings is 2. The van der Waals surface area contributed by atoms with Crippen LogP contribution in [0.1, 0.15) is 74.4 Å². The first-order valence-electron chi connectivity index (χ1n) is 14.0. The number of rotatable bonds is 13. The van der Waals surface area contributed by atoms with Crippen LogP contribution in [-0.4, -0.2) is 66.2 Å². The molecule has 0 radical (unpaired) electrons. The lowest BCUT2D eigenvalue weighted by atomic mass is 10.0. The molecule has 3 rings (SSSR count). The number of amides is 3. The fourth-order valence-electron chi connectivity index (χ4n) is 4.58. The molecule has 3 amide bonds. The van der Waals surface area contributed by atoms with Gasteiger partial charge in [-0.2, -0.15) is 0 Å². The number of hydrogen-bond acceptors (Lipinski definition) is 6. The summed E-state index contributed by atoms with van der Waals surface area (Å²) >= 11 is 0. The Kier molecular flexibility index (Phi) is 11.1. The number of carboxylic acids is 1. The molecule has 222 valence electrons. The Balaban J connectivity index is 1.67. The molecule has 0 unspecified atom stereocenters. The first kappa shape index (κ1) is 31.4. The van der Waals surface area contributed by atoms with E-state index in [0.29, 0.717) is 23.5 Å². The number of unbranched alkanes of at least 4 members (excludes halogenated alkanes) is 3. The summed E-state index contributed by atoms with van der Waals surface area (Å²) in [6.45, 7) is 6.06. The molecule has 2 N–H and O–H groups in total. The van der Waals surface area contributed by atoms with Gasteiger partial charge in [0.05, 0.1) is 31.3 Å². The second-order valence-electron chi connectivity index (χ2n) is 11.1. The molecule has 1 aliphatic heterocycles. The highest BCUT2D eigenvalue weighted by molar-refractivity contribution is 6.09. The van der Waals surface area contributed by atoms with Crippen molar-refractivity contribution in [3.05, 3.63) is 59.2 Å². The molecule has 41 heavy (non-hydrogen) atoms. The Morgan fingerprint density at radius 1 is 0.976 bits per heavy atom. The van der Waals surface area contributed by atoms with E-state index >= 15 is 0 Å². The van der Waals surface area contributed by atoms with E-state index in [4.69, 9.17) is 9.47 Å². The van der Waals surface area contributed by atoms with E-state index in [2.05, 4.69) is 5.32 Å². The number of carbonyl (C=O) groups is 4. The van der Waals surface area contributed by atoms with Gasteiger partial charge in [0, 0.05) is 13.1 Å². The number of anilines is 1. The van der Waals surface area contributed by atoms with Crippen molar-refractivity contribution >= 4 is 29.6 Å². The highest BCUT2D eigenvalue weighted by Gasteiger charge is 2.32. The van der Waals surface area contributed by atoms with Crippen LogP contribution < -0.4 is 15.0 Å². The number of aliphatic carboxylic acids is 1. The predicted molar refractivity (Wildman–Crippen MR) is 155 cm³/mol. The van der Waals surface area contributed by atoms with Gasteiger partial charge in [-0.05, 0) is 75.4 Å². The number of carbonyl (C=O) groups excluding carboxylic acids is 3. The van der Waals surface area contributed by atoms with Crippen LogP contribution in [0.5, 0.6) is 5.75 Å². The average molecular weight is 568 g/mol. The number of fused-ring (bicyclic) bond motifs is 1. The van der Waals surface area contributed by atoms with Gasteiger partial charge in [0.2, 0.25) is 5.91 Å². The molecular weight excluding hydrogens is 526 g/mol. The second-order valence-corrected chi connectivity index (χ2v) is 11.1. The molecule has 2 aromatic carbocycles. The lowest BCUT2D eigenvalue weighted by Gasteiger charge is -2.23. The van der Waals surface area contributed by atoms with Crippen molar-refractivity contribution in [1.82, 2.24) is 10.2 Å². The summed E-state index contributed by atoms with van der Waals surface area (Å²) < 4.78 is 10.5. The summed E-state index contributed by atoms with van der Waals surface area (Å²) in [5, 5.41) is 11.9. The Morgan fingerprint density at radius 2 is 1.66 bits per heavy atom. The summed E-state index contributed by atoms with van der Waals surface area (Å²) in [5.41, 5.74) is 2.24. The van der Waals surface area contributed by atoms with Crippen molar-refractivity contribution in [3.63, 3.8) is 0 Å². The highest BCUT2D eigenvalue weighted by Crippen LogP contribution is 2.29. The zero-order chi connectivity index (χ0) is 30.0. The molecule has 0 aromatic heterocycles. The van der Waals surface area contributed by atoms with E-state index in [9.17, 15) is 24.3 Å². The van der Waals surface area contributed by atoms with Gasteiger partial charge in [0.1, 0.15) is 17.9 Å². The topological polar surface area (TPSA) is 125 Å². The molecule has 1 aliphatic rings. The maximum Gasteiger partial charge on any atom is 0.407 e. The van der Waals surface area contributed by atoms with Gasteiger partial charge in [-0.3, -0.25) is 14.4 Å². The number of ether oxygens (including phenoxy) is 2. The minimum Gasteiger partial charge on any atom is -0.497 e. The van der Waals surface area contributed by atoms with Crippen molar-refractivity contribution in [2.24, 2.45) is 0 Å². The number of carboxylic acid groups (broad SMARTS) is 1. The van der Waals surface area contributed by atoms with Crippen molar-refractivity contribution < 1.29 is 33.8 Å². The Morgan fingerprint density at radius 3 is 2.32 bits per heavy atom. The van der Waals surface area contributed by atoms with Gasteiger partial charge in [-0.1, -0.05) is 31.0 Å². The number of aryl methyl sites for hydroxylation is 1. The van der Waals surface area contributed by atoms with Crippen LogP contribution in [0.4, 0.5) is 10.5 Å². The van der Waals surface area contributed by atoms with Crippen molar-refractivity contribution in [3.8, 4) is 5.75 Å². The molecule has 1 heterocycles. The van der Waals surface area contributed by atoms with Crippen LogP contribution in [0.3, 0.4) is 0 Å². The third-order valence-electron chi connectivity index (χ3n) is 6.65. The standard InChI is InChI=1S/C31H41N3O7/c1-31(2,3)41-30(39)32-17-8-6-5-7-9-22-12-15-26-25(19-22)29(38)33(18-16-28(36)37)21-27(35)34(26)20-23-10-13-24(40-4)14-11-23/h10-15,19H,5-9,16-18,20-21H2,1-4H3,(H,32,39)(H,36,37). The number of nitrogens with one attached hydrogen (secondary N) is 1. The van der Waals surface area contributed by atoms with Crippen LogP contribution in [0.15, 0.2) is 42.5 Å². The quantitative estimate of drug-likeness (QED) is 0.334. The second kappa shape index (κ2) is 14.5. The minimum absolute atomic E-state index is 0.0444. The van der Waals surface area contributed by atoms with E-state index in [0.717, 1.165) is 43.2 Å². The zero-order valence-electron chi connectivity index (χ0n) is 24.4. The lowest BCUT2D eigenvalue weighted by Crippen LogP contribution is -2.40. The maximum absolute atomic E-state index is 13.5. The highest BCUT2D eigenvalue weighted by atomic mass is 16.6. The normalized spacial score (nSPS) is 13.5. The maximum atomic E-state index is 13.5. The molecule has 0 bridgehead atoms. The van der Waals surface area contributed by atoms with E-state index in [1.54, 1.807) is 12.0 Å². The average Bonchev–Trinajstić information content (AvgIpc) is 3.01. The van der Waals surface area contributed by atoms with E-state index in [1.807, 2.05) is 63.2 Å². The predicted octanol–water partition coefficient (Wildman–Crippen LogP) is 4.79. The van der Waals surface area contributed by atoms with Gasteiger partial charge in [-0.15, -0.1) is 0 Å². The number of alkyl carbamates (subject to hydrolysis) is 1. The lowest BCUT2D eigenvalue weighted by molar-refractivity contribution is -0.137. The number of methoxy groups -OCH3 is 1. The zero-order valence-corrected chi connectivity index (χ0v) is 24.4. The molecule has 10 heteroatoms. The molecule has 10 nitrogen and oxygen atoms in total. The third kappa shape index (κ3) is 9.81. The monoisotopic (exact) mass is 567 g/mol. The molecule has 2 aromatic rings. The number of hydrogen-bond donors (Lipinski definition) is 2. The molecule has 0 saturated heterocycles. The van der Waals surface area contributed by atoms with Gasteiger partial charge in [0.25, 0.3) is 5.91 Å². The van der Waals surface area contributed by atoms with Gasteiger partial charge in [0.15, 0.2) is 0 Å². The fraction of sp³-hybridized carbons (Fsp3) is 0.484. The van der Waals surface area contributed by atoms with Gasteiger partial charge >= 0.3 is 12.1 Å². The van der Waals surface area contributed by atoms with Crippen molar-refractivity contribution in [2.75, 3.05) is 31.6 Å². The van der Waals surface area contributed by atoms with E-state index in [1.165, 1.54) is 4.90 Å². The van der Waals surface area contributed by atoms with Crippen LogP contribution >= 0.6 is 0 Å². The SMILES string of the molecule is COc1ccc(CN2C(=O)CN(CCC(=O)O)C(=O)c3cc(CCCCCCNC(=O)OC(C)(C)C)ccc32)cc1. The van der Waals surface area contributed by atoms with Crippen LogP contribution in [0.2, 0.25) is 0 Å². The van der Waals surface area contributed by atoms with Crippen LogP contribution in [-0.2, 0) is 27.3 Å². The smallest absolute Gasteiger partial charge is 0.407 e. The van der Waals surface area contributed by atoms with E-state index in [-0.39, 0.29) is 37.9 Å². The fourth-order valence-corrected chi connectivity index (χ4v) is 4.58. The molecule has 0 spiro atoms.